The Morgan fingerprint density at radius 3 is 2.45 bits per heavy atom. The topological polar surface area (TPSA) is 3.88 Å². The lowest BCUT2D eigenvalue weighted by atomic mass is 9.67. The summed E-state index contributed by atoms with van der Waals surface area (Å²) >= 11 is 0. The molecule has 0 radical (unpaired) electrons. The summed E-state index contributed by atoms with van der Waals surface area (Å²) in [4.78, 5) is 0. The summed E-state index contributed by atoms with van der Waals surface area (Å²) in [6.07, 6.45) is 7.70. The summed E-state index contributed by atoms with van der Waals surface area (Å²) in [5.41, 5.74) is 5.24. The summed E-state index contributed by atoms with van der Waals surface area (Å²) in [5, 5.41) is 1.68. The molecule has 0 saturated carbocycles. The number of rotatable bonds is 5. The first-order chi connectivity index (χ1) is 15.7. The van der Waals surface area contributed by atoms with Crippen molar-refractivity contribution in [1.29, 1.82) is 0 Å². The zero-order chi connectivity index (χ0) is 23.7. The molecule has 0 fully saturated rings. The maximum atomic E-state index is 16.0. The molecule has 1 aliphatic heterocycles. The molecule has 3 heteroatoms. The highest BCUT2D eigenvalue weighted by Crippen LogP contribution is 2.52. The van der Waals surface area contributed by atoms with Crippen LogP contribution in [0.25, 0.3) is 22.0 Å². The molecule has 0 spiro atoms. The van der Waals surface area contributed by atoms with Gasteiger partial charge in [-0.3, -0.25) is 0 Å². The number of halogens is 2. The molecule has 0 bridgehead atoms. The third-order valence-corrected chi connectivity index (χ3v) is 8.97. The number of aryl methyl sites for hydroxylation is 1. The smallest absolute Gasteiger partial charge is 0.207 e. The highest BCUT2D eigenvalue weighted by Gasteiger charge is 2.48. The van der Waals surface area contributed by atoms with Crippen molar-refractivity contribution >= 4 is 10.8 Å². The number of hydrogen-bond donors (Lipinski definition) is 0. The minimum absolute atomic E-state index is 0.0546. The van der Waals surface area contributed by atoms with Crippen LogP contribution in [0.4, 0.5) is 8.78 Å². The molecule has 33 heavy (non-hydrogen) atoms. The van der Waals surface area contributed by atoms with Gasteiger partial charge in [0, 0.05) is 41.7 Å². The van der Waals surface area contributed by atoms with Gasteiger partial charge in [-0.05, 0) is 41.5 Å². The molecule has 5 rings (SSSR count). The molecule has 1 nitrogen and oxygen atoms in total. The van der Waals surface area contributed by atoms with E-state index in [1.807, 2.05) is 12.1 Å². The number of aromatic nitrogens is 1. The van der Waals surface area contributed by atoms with Crippen molar-refractivity contribution < 1.29 is 13.3 Å². The molecule has 0 saturated heterocycles. The van der Waals surface area contributed by atoms with E-state index in [-0.39, 0.29) is 17.2 Å². The average molecular weight is 449 g/mol. The Morgan fingerprint density at radius 2 is 1.79 bits per heavy atom. The largest absolute Gasteiger partial charge is 0.221 e. The second-order valence-electron chi connectivity index (χ2n) is 11.0. The fourth-order valence-electron chi connectivity index (χ4n) is 6.57. The standard InChI is InChI=1S/C30H36F2N/c1-7-18(4)16-20-17-22-25-21(27(20)32)13-15-33-28(25)24-19(12-14-30(33,8-2)9-3)10-11-23(31)26(24)29(22,5)6/h10-11,13,15,17-18H,7-9,12,14,16H2,1-6H3/q+1. The van der Waals surface area contributed by atoms with Crippen LogP contribution >= 0.6 is 0 Å². The Hall–Kier alpha value is -2.29. The van der Waals surface area contributed by atoms with E-state index >= 15 is 8.78 Å². The molecule has 0 amide bonds. The van der Waals surface area contributed by atoms with Gasteiger partial charge in [0.2, 0.25) is 5.69 Å². The summed E-state index contributed by atoms with van der Waals surface area (Å²) in [5.74, 6) is 0.147. The maximum absolute atomic E-state index is 16.0. The van der Waals surface area contributed by atoms with Crippen molar-refractivity contribution in [1.82, 2.24) is 0 Å². The Balaban J connectivity index is 1.99. The predicted octanol–water partition coefficient (Wildman–Crippen LogP) is 7.76. The zero-order valence-corrected chi connectivity index (χ0v) is 20.9. The van der Waals surface area contributed by atoms with Crippen molar-refractivity contribution in [2.24, 2.45) is 5.92 Å². The normalized spacial score (nSPS) is 18.3. The highest BCUT2D eigenvalue weighted by molar-refractivity contribution is 6.01. The van der Waals surface area contributed by atoms with Crippen molar-refractivity contribution in [3.05, 3.63) is 64.4 Å². The summed E-state index contributed by atoms with van der Waals surface area (Å²) < 4.78 is 34.0. The molecule has 1 atom stereocenters. The van der Waals surface area contributed by atoms with E-state index < -0.39 is 5.41 Å². The average Bonchev–Trinajstić information content (AvgIpc) is 2.94. The SMILES string of the molecule is CCC(C)Cc1cc2c3c4[n+](ccc3c1F)C(CC)(CC)CCc1ccc(F)c(c1-4)C2(C)C. The van der Waals surface area contributed by atoms with Gasteiger partial charge in [0.1, 0.15) is 11.6 Å². The van der Waals surface area contributed by atoms with Gasteiger partial charge in [0.25, 0.3) is 0 Å². The van der Waals surface area contributed by atoms with Crippen LogP contribution in [-0.4, -0.2) is 0 Å². The molecule has 174 valence electrons. The lowest BCUT2D eigenvalue weighted by Crippen LogP contribution is -2.57. The van der Waals surface area contributed by atoms with E-state index in [9.17, 15) is 0 Å². The van der Waals surface area contributed by atoms with E-state index in [0.717, 1.165) is 65.4 Å². The van der Waals surface area contributed by atoms with E-state index in [2.05, 4.69) is 58.4 Å². The van der Waals surface area contributed by atoms with E-state index in [1.165, 1.54) is 5.56 Å². The molecule has 2 aromatic carbocycles. The van der Waals surface area contributed by atoms with Gasteiger partial charge in [-0.25, -0.2) is 8.78 Å². The minimum Gasteiger partial charge on any atom is -0.207 e. The van der Waals surface area contributed by atoms with Crippen LogP contribution in [0.15, 0.2) is 30.5 Å². The number of benzene rings is 2. The third-order valence-electron chi connectivity index (χ3n) is 8.97. The van der Waals surface area contributed by atoms with Crippen molar-refractivity contribution in [3.63, 3.8) is 0 Å². The zero-order valence-electron chi connectivity index (χ0n) is 20.9. The van der Waals surface area contributed by atoms with Crippen LogP contribution in [0.3, 0.4) is 0 Å². The number of hydrogen-bond acceptors (Lipinski definition) is 0. The first-order valence-electron chi connectivity index (χ1n) is 12.7. The number of nitrogens with zero attached hydrogens (tertiary/aromatic N) is 1. The lowest BCUT2D eigenvalue weighted by molar-refractivity contribution is -0.756. The van der Waals surface area contributed by atoms with Gasteiger partial charge in [-0.2, -0.15) is 4.57 Å². The molecule has 1 unspecified atom stereocenters. The maximum Gasteiger partial charge on any atom is 0.221 e. The fraction of sp³-hybridized carbons (Fsp3) is 0.500. The van der Waals surface area contributed by atoms with Crippen LogP contribution in [0, 0.1) is 17.6 Å². The summed E-state index contributed by atoms with van der Waals surface area (Å²) in [6.45, 7) is 13.0. The summed E-state index contributed by atoms with van der Waals surface area (Å²) in [7, 11) is 0. The molecule has 2 heterocycles. The third kappa shape index (κ3) is 2.97. The first kappa shape index (κ1) is 22.5. The molecule has 1 aliphatic carbocycles. The van der Waals surface area contributed by atoms with Crippen LogP contribution < -0.4 is 4.57 Å². The van der Waals surface area contributed by atoms with E-state index in [0.29, 0.717) is 17.7 Å². The molecule has 2 aliphatic rings. The van der Waals surface area contributed by atoms with Crippen LogP contribution in [0.2, 0.25) is 0 Å². The van der Waals surface area contributed by atoms with Crippen molar-refractivity contribution in [2.75, 3.05) is 0 Å². The van der Waals surface area contributed by atoms with Crippen LogP contribution in [0.5, 0.6) is 0 Å². The Bertz CT molecular complexity index is 1270. The summed E-state index contributed by atoms with van der Waals surface area (Å²) in [6, 6.07) is 7.67. The Labute approximate surface area is 196 Å². The van der Waals surface area contributed by atoms with Crippen LogP contribution in [0.1, 0.15) is 89.5 Å². The lowest BCUT2D eigenvalue weighted by Gasteiger charge is -2.36. The van der Waals surface area contributed by atoms with Gasteiger partial charge in [0.15, 0.2) is 11.7 Å². The van der Waals surface area contributed by atoms with Gasteiger partial charge in [0.05, 0.1) is 10.9 Å². The van der Waals surface area contributed by atoms with Gasteiger partial charge < -0.3 is 0 Å². The van der Waals surface area contributed by atoms with E-state index in [4.69, 9.17) is 0 Å². The fourth-order valence-corrected chi connectivity index (χ4v) is 6.57. The van der Waals surface area contributed by atoms with Gasteiger partial charge in [-0.15, -0.1) is 0 Å². The Morgan fingerprint density at radius 1 is 1.06 bits per heavy atom. The van der Waals surface area contributed by atoms with Crippen molar-refractivity contribution in [3.8, 4) is 11.3 Å². The second-order valence-corrected chi connectivity index (χ2v) is 11.0. The highest BCUT2D eigenvalue weighted by atomic mass is 19.1. The molecule has 3 aromatic rings. The number of pyridine rings is 1. The van der Waals surface area contributed by atoms with Gasteiger partial charge in [-0.1, -0.05) is 60.1 Å². The monoisotopic (exact) mass is 448 g/mol. The molecule has 0 N–H and O–H groups in total. The van der Waals surface area contributed by atoms with Gasteiger partial charge >= 0.3 is 0 Å². The van der Waals surface area contributed by atoms with Crippen molar-refractivity contribution in [2.45, 2.75) is 91.0 Å². The second kappa shape index (κ2) is 7.61. The quantitative estimate of drug-likeness (QED) is 0.351. The predicted molar refractivity (Wildman–Crippen MR) is 132 cm³/mol. The molecular weight excluding hydrogens is 412 g/mol. The van der Waals surface area contributed by atoms with E-state index in [1.54, 1.807) is 6.07 Å². The van der Waals surface area contributed by atoms with Crippen LogP contribution in [-0.2, 0) is 23.8 Å². The Kier molecular flexibility index (Phi) is 5.19. The first-order valence-corrected chi connectivity index (χ1v) is 12.7. The minimum atomic E-state index is -0.538. The molecular formula is C30H36F2N+. The molecule has 1 aromatic heterocycles.